The lowest BCUT2D eigenvalue weighted by atomic mass is 10.0. The average molecular weight is 373 g/mol. The molecule has 0 aliphatic carbocycles. The van der Waals surface area contributed by atoms with Crippen molar-refractivity contribution in [2.45, 2.75) is 27.7 Å². The van der Waals surface area contributed by atoms with Crippen LogP contribution in [0.2, 0.25) is 0 Å². The monoisotopic (exact) mass is 373 g/mol. The Bertz CT molecular complexity index is 1030. The molecule has 0 spiro atoms. The Balaban J connectivity index is 1.80. The lowest BCUT2D eigenvalue weighted by Gasteiger charge is -2.13. The molecule has 3 rings (SSSR count). The second kappa shape index (κ2) is 8.05. The number of carbonyl (C=O) groups excluding carboxylic acids is 2. The van der Waals surface area contributed by atoms with E-state index in [1.165, 1.54) is 6.92 Å². The van der Waals surface area contributed by atoms with Crippen molar-refractivity contribution < 1.29 is 9.59 Å². The zero-order chi connectivity index (χ0) is 20.3. The Morgan fingerprint density at radius 3 is 2.25 bits per heavy atom. The number of amides is 1. The first-order chi connectivity index (χ1) is 13.3. The second-order valence-corrected chi connectivity index (χ2v) is 6.92. The number of nitrogens with one attached hydrogen (secondary N) is 2. The van der Waals surface area contributed by atoms with Gasteiger partial charge in [-0.25, -0.2) is 0 Å². The summed E-state index contributed by atoms with van der Waals surface area (Å²) in [5, 5.41) is 6.18. The van der Waals surface area contributed by atoms with E-state index in [2.05, 4.69) is 15.6 Å². The summed E-state index contributed by atoms with van der Waals surface area (Å²) < 4.78 is 0. The van der Waals surface area contributed by atoms with Crippen LogP contribution in [0.25, 0.3) is 0 Å². The molecule has 5 heteroatoms. The van der Waals surface area contributed by atoms with Gasteiger partial charge in [-0.2, -0.15) is 0 Å². The molecule has 1 heterocycles. The number of pyridine rings is 1. The Morgan fingerprint density at radius 1 is 0.893 bits per heavy atom. The summed E-state index contributed by atoms with van der Waals surface area (Å²) in [6, 6.07) is 14.8. The van der Waals surface area contributed by atoms with Crippen LogP contribution < -0.4 is 10.6 Å². The Kier molecular flexibility index (Phi) is 5.54. The minimum atomic E-state index is -0.267. The van der Waals surface area contributed by atoms with Crippen LogP contribution in [0.5, 0.6) is 0 Å². The molecule has 142 valence electrons. The highest BCUT2D eigenvalue weighted by atomic mass is 16.2. The fraction of sp³-hybridized carbons (Fsp3) is 0.174. The van der Waals surface area contributed by atoms with Gasteiger partial charge in [0.2, 0.25) is 0 Å². The van der Waals surface area contributed by atoms with Crippen molar-refractivity contribution in [2.24, 2.45) is 0 Å². The molecule has 0 saturated heterocycles. The van der Waals surface area contributed by atoms with Crippen LogP contribution in [0.1, 0.15) is 44.5 Å². The molecular weight excluding hydrogens is 350 g/mol. The summed E-state index contributed by atoms with van der Waals surface area (Å²) in [7, 11) is 0. The van der Waals surface area contributed by atoms with Crippen LogP contribution >= 0.6 is 0 Å². The number of anilines is 3. The van der Waals surface area contributed by atoms with Gasteiger partial charge in [-0.1, -0.05) is 29.8 Å². The third-order valence-corrected chi connectivity index (χ3v) is 4.47. The third kappa shape index (κ3) is 4.43. The number of hydrogen-bond donors (Lipinski definition) is 2. The third-order valence-electron chi connectivity index (χ3n) is 4.47. The molecule has 0 fully saturated rings. The predicted molar refractivity (Wildman–Crippen MR) is 113 cm³/mol. The molecule has 0 bridgehead atoms. The van der Waals surface area contributed by atoms with E-state index < -0.39 is 0 Å². The number of ketones is 1. The van der Waals surface area contributed by atoms with Gasteiger partial charge in [0.25, 0.3) is 5.91 Å². The normalized spacial score (nSPS) is 10.4. The maximum atomic E-state index is 12.7. The first-order valence-corrected chi connectivity index (χ1v) is 9.07. The molecule has 0 aliphatic rings. The Hall–Kier alpha value is -3.47. The number of aromatic nitrogens is 1. The van der Waals surface area contributed by atoms with E-state index >= 15 is 0 Å². The molecule has 0 unspecified atom stereocenters. The van der Waals surface area contributed by atoms with E-state index in [-0.39, 0.29) is 11.7 Å². The Morgan fingerprint density at radius 2 is 1.57 bits per heavy atom. The molecule has 0 atom stereocenters. The van der Waals surface area contributed by atoms with E-state index in [0.29, 0.717) is 11.3 Å². The lowest BCUT2D eigenvalue weighted by Crippen LogP contribution is -2.15. The molecule has 5 nitrogen and oxygen atoms in total. The maximum absolute atomic E-state index is 12.7. The standard InChI is InChI=1S/C23H23N3O2/c1-14-10-15(2)22(16(3)11-14)26-23(28)21-13-20(8-9-24-21)25-19-7-5-6-18(12-19)17(4)27/h5-13H,1-4H3,(H,24,25)(H,26,28). The maximum Gasteiger partial charge on any atom is 0.274 e. The summed E-state index contributed by atoms with van der Waals surface area (Å²) in [5.74, 6) is -0.265. The molecule has 1 amide bonds. The van der Waals surface area contributed by atoms with Crippen molar-refractivity contribution in [3.05, 3.63) is 82.7 Å². The largest absolute Gasteiger partial charge is 0.355 e. The van der Waals surface area contributed by atoms with E-state index in [0.717, 1.165) is 33.8 Å². The van der Waals surface area contributed by atoms with Gasteiger partial charge in [-0.05, 0) is 63.1 Å². The lowest BCUT2D eigenvalue weighted by molar-refractivity contribution is 0.101. The molecule has 2 aromatic carbocycles. The zero-order valence-electron chi connectivity index (χ0n) is 16.5. The summed E-state index contributed by atoms with van der Waals surface area (Å²) in [4.78, 5) is 28.5. The highest BCUT2D eigenvalue weighted by Crippen LogP contribution is 2.23. The van der Waals surface area contributed by atoms with Gasteiger partial charge in [-0.3, -0.25) is 14.6 Å². The first kappa shape index (κ1) is 19.3. The quantitative estimate of drug-likeness (QED) is 0.603. The molecule has 2 N–H and O–H groups in total. The van der Waals surface area contributed by atoms with Crippen LogP contribution in [-0.4, -0.2) is 16.7 Å². The topological polar surface area (TPSA) is 71.1 Å². The van der Waals surface area contributed by atoms with Crippen molar-refractivity contribution in [1.82, 2.24) is 4.98 Å². The summed E-state index contributed by atoms with van der Waals surface area (Å²) >= 11 is 0. The molecular formula is C23H23N3O2. The van der Waals surface area contributed by atoms with Crippen LogP contribution in [0, 0.1) is 20.8 Å². The SMILES string of the molecule is CC(=O)c1cccc(Nc2ccnc(C(=O)Nc3c(C)cc(C)cc3C)c2)c1. The van der Waals surface area contributed by atoms with Gasteiger partial charge < -0.3 is 10.6 Å². The highest BCUT2D eigenvalue weighted by molar-refractivity contribution is 6.04. The van der Waals surface area contributed by atoms with Gasteiger partial charge in [0.1, 0.15) is 5.69 Å². The van der Waals surface area contributed by atoms with Crippen LogP contribution in [-0.2, 0) is 0 Å². The smallest absolute Gasteiger partial charge is 0.274 e. The first-order valence-electron chi connectivity index (χ1n) is 9.07. The van der Waals surface area contributed by atoms with Crippen LogP contribution in [0.15, 0.2) is 54.7 Å². The zero-order valence-corrected chi connectivity index (χ0v) is 16.5. The van der Waals surface area contributed by atoms with Crippen molar-refractivity contribution >= 4 is 28.8 Å². The summed E-state index contributed by atoms with van der Waals surface area (Å²) in [6.45, 7) is 7.51. The number of carbonyl (C=O) groups is 2. The number of Topliss-reactive ketones (excluding diaryl/α,β-unsaturated/α-hetero) is 1. The van der Waals surface area contributed by atoms with Gasteiger partial charge in [0.15, 0.2) is 5.78 Å². The number of benzene rings is 2. The molecule has 1 aromatic heterocycles. The van der Waals surface area contributed by atoms with E-state index in [1.54, 1.807) is 30.5 Å². The Labute approximate surface area is 164 Å². The van der Waals surface area contributed by atoms with Crippen molar-refractivity contribution in [3.8, 4) is 0 Å². The van der Waals surface area contributed by atoms with E-state index in [1.807, 2.05) is 45.0 Å². The number of rotatable bonds is 5. The molecule has 0 saturated carbocycles. The number of nitrogens with zero attached hydrogens (tertiary/aromatic N) is 1. The minimum absolute atomic E-state index is 0.00211. The number of hydrogen-bond acceptors (Lipinski definition) is 4. The fourth-order valence-corrected chi connectivity index (χ4v) is 3.17. The fourth-order valence-electron chi connectivity index (χ4n) is 3.17. The van der Waals surface area contributed by atoms with E-state index in [4.69, 9.17) is 0 Å². The minimum Gasteiger partial charge on any atom is -0.355 e. The molecule has 0 aliphatic heterocycles. The molecule has 0 radical (unpaired) electrons. The van der Waals surface area contributed by atoms with Gasteiger partial charge >= 0.3 is 0 Å². The average Bonchev–Trinajstić information content (AvgIpc) is 2.65. The van der Waals surface area contributed by atoms with Crippen LogP contribution in [0.4, 0.5) is 17.1 Å². The summed E-state index contributed by atoms with van der Waals surface area (Å²) in [5.41, 5.74) is 6.43. The van der Waals surface area contributed by atoms with Crippen LogP contribution in [0.3, 0.4) is 0 Å². The van der Waals surface area contributed by atoms with E-state index in [9.17, 15) is 9.59 Å². The summed E-state index contributed by atoms with van der Waals surface area (Å²) in [6.07, 6.45) is 1.58. The van der Waals surface area contributed by atoms with Crippen molar-refractivity contribution in [1.29, 1.82) is 0 Å². The highest BCUT2D eigenvalue weighted by Gasteiger charge is 2.12. The number of aryl methyl sites for hydroxylation is 3. The molecule has 3 aromatic rings. The second-order valence-electron chi connectivity index (χ2n) is 6.92. The predicted octanol–water partition coefficient (Wildman–Crippen LogP) is 5.21. The van der Waals surface area contributed by atoms with Crippen molar-refractivity contribution in [3.63, 3.8) is 0 Å². The van der Waals surface area contributed by atoms with Gasteiger partial charge in [0, 0.05) is 28.8 Å². The van der Waals surface area contributed by atoms with Gasteiger partial charge in [-0.15, -0.1) is 0 Å². The van der Waals surface area contributed by atoms with Crippen molar-refractivity contribution in [2.75, 3.05) is 10.6 Å². The molecule has 28 heavy (non-hydrogen) atoms. The van der Waals surface area contributed by atoms with Gasteiger partial charge in [0.05, 0.1) is 0 Å².